The SMILES string of the molecule is O=C1C=COC(O)(COC(=O)c2ccc(C(=O)OCC3(O)CC(=O)C=CO3)cc2)C1. The number of hydrogen-bond acceptors (Lipinski definition) is 10. The first kappa shape index (κ1) is 21.2. The van der Waals surface area contributed by atoms with Crippen molar-refractivity contribution < 1.29 is 48.3 Å². The molecule has 0 saturated heterocycles. The number of allylic oxidation sites excluding steroid dienone is 2. The second-order valence-corrected chi connectivity index (χ2v) is 6.75. The molecular weight excluding hydrogens is 400 g/mol. The number of hydrogen-bond donors (Lipinski definition) is 2. The van der Waals surface area contributed by atoms with E-state index in [-0.39, 0.29) is 35.5 Å². The second-order valence-electron chi connectivity index (χ2n) is 6.75. The van der Waals surface area contributed by atoms with E-state index in [1.807, 2.05) is 0 Å². The molecule has 10 nitrogen and oxygen atoms in total. The van der Waals surface area contributed by atoms with Gasteiger partial charge in [-0.2, -0.15) is 0 Å². The van der Waals surface area contributed by atoms with Gasteiger partial charge in [0.2, 0.25) is 11.6 Å². The highest BCUT2D eigenvalue weighted by molar-refractivity contribution is 5.94. The van der Waals surface area contributed by atoms with Crippen LogP contribution in [-0.4, -0.2) is 58.5 Å². The third kappa shape index (κ3) is 5.31. The van der Waals surface area contributed by atoms with E-state index in [1.165, 1.54) is 24.3 Å². The first-order valence-corrected chi connectivity index (χ1v) is 8.82. The van der Waals surface area contributed by atoms with Crippen molar-refractivity contribution in [2.75, 3.05) is 13.2 Å². The van der Waals surface area contributed by atoms with Crippen LogP contribution in [0.15, 0.2) is 48.9 Å². The Balaban J connectivity index is 1.52. The van der Waals surface area contributed by atoms with Crippen LogP contribution in [0, 0.1) is 0 Å². The average Bonchev–Trinajstić information content (AvgIpc) is 2.70. The Hall–Kier alpha value is -3.50. The van der Waals surface area contributed by atoms with E-state index in [9.17, 15) is 29.4 Å². The molecule has 10 heteroatoms. The molecule has 0 aromatic heterocycles. The molecule has 0 fully saturated rings. The number of aliphatic hydroxyl groups is 2. The minimum Gasteiger partial charge on any atom is -0.466 e. The van der Waals surface area contributed by atoms with Crippen molar-refractivity contribution in [3.63, 3.8) is 0 Å². The van der Waals surface area contributed by atoms with Gasteiger partial charge in [0, 0.05) is 12.2 Å². The van der Waals surface area contributed by atoms with Crippen LogP contribution in [0.3, 0.4) is 0 Å². The van der Waals surface area contributed by atoms with E-state index in [1.54, 1.807) is 0 Å². The van der Waals surface area contributed by atoms with Crippen molar-refractivity contribution in [2.45, 2.75) is 24.4 Å². The van der Waals surface area contributed by atoms with Crippen LogP contribution in [0.1, 0.15) is 33.6 Å². The molecule has 2 aliphatic rings. The van der Waals surface area contributed by atoms with Crippen LogP contribution in [0.4, 0.5) is 0 Å². The number of ketones is 2. The minimum absolute atomic E-state index is 0.0813. The fraction of sp³-hybridized carbons (Fsp3) is 0.300. The van der Waals surface area contributed by atoms with Crippen LogP contribution < -0.4 is 0 Å². The molecule has 2 aliphatic heterocycles. The van der Waals surface area contributed by atoms with Gasteiger partial charge in [-0.1, -0.05) is 0 Å². The predicted octanol–water partition coefficient (Wildman–Crippen LogP) is 0.384. The first-order chi connectivity index (χ1) is 14.2. The summed E-state index contributed by atoms with van der Waals surface area (Å²) in [6, 6.07) is 5.20. The molecule has 1 aromatic rings. The molecule has 158 valence electrons. The van der Waals surface area contributed by atoms with E-state index < -0.39 is 36.7 Å². The summed E-state index contributed by atoms with van der Waals surface area (Å²) in [4.78, 5) is 46.9. The second kappa shape index (κ2) is 8.47. The lowest BCUT2D eigenvalue weighted by atomic mass is 10.1. The zero-order valence-corrected chi connectivity index (χ0v) is 15.6. The summed E-state index contributed by atoms with van der Waals surface area (Å²) >= 11 is 0. The lowest BCUT2D eigenvalue weighted by Crippen LogP contribution is -2.41. The number of esters is 2. The molecular formula is C20H18O10. The molecule has 0 spiro atoms. The Bertz CT molecular complexity index is 841. The molecule has 30 heavy (non-hydrogen) atoms. The fourth-order valence-electron chi connectivity index (χ4n) is 2.65. The summed E-state index contributed by atoms with van der Waals surface area (Å²) in [6.07, 6.45) is 3.67. The number of carbonyl (C=O) groups is 4. The minimum atomic E-state index is -1.93. The Morgan fingerprint density at radius 1 is 0.800 bits per heavy atom. The van der Waals surface area contributed by atoms with Crippen molar-refractivity contribution in [3.8, 4) is 0 Å². The van der Waals surface area contributed by atoms with E-state index in [0.717, 1.165) is 24.7 Å². The fourth-order valence-corrected chi connectivity index (χ4v) is 2.65. The third-order valence-electron chi connectivity index (χ3n) is 4.20. The average molecular weight is 418 g/mol. The first-order valence-electron chi connectivity index (χ1n) is 8.82. The third-order valence-corrected chi connectivity index (χ3v) is 4.20. The van der Waals surface area contributed by atoms with E-state index in [4.69, 9.17) is 18.9 Å². The number of benzene rings is 1. The number of ether oxygens (including phenoxy) is 4. The normalized spacial score (nSPS) is 25.3. The zero-order chi connectivity index (χ0) is 21.8. The smallest absolute Gasteiger partial charge is 0.338 e. The Morgan fingerprint density at radius 3 is 1.50 bits per heavy atom. The van der Waals surface area contributed by atoms with Gasteiger partial charge in [0.15, 0.2) is 24.8 Å². The summed E-state index contributed by atoms with van der Waals surface area (Å²) < 4.78 is 19.8. The van der Waals surface area contributed by atoms with Crippen molar-refractivity contribution >= 4 is 23.5 Å². The summed E-state index contributed by atoms with van der Waals surface area (Å²) in [5, 5.41) is 20.1. The number of rotatable bonds is 6. The van der Waals surface area contributed by atoms with Crippen molar-refractivity contribution in [1.82, 2.24) is 0 Å². The summed E-state index contributed by atoms with van der Waals surface area (Å²) in [7, 11) is 0. The van der Waals surface area contributed by atoms with E-state index >= 15 is 0 Å². The summed E-state index contributed by atoms with van der Waals surface area (Å²) in [6.45, 7) is -1.12. The molecule has 0 radical (unpaired) electrons. The molecule has 2 atom stereocenters. The van der Waals surface area contributed by atoms with Gasteiger partial charge in [-0.15, -0.1) is 0 Å². The van der Waals surface area contributed by atoms with E-state index in [2.05, 4.69) is 0 Å². The standard InChI is InChI=1S/C20H18O10/c21-15-5-7-29-19(25,9-15)11-27-17(23)13-1-2-14(4-3-13)18(24)28-12-20(26)10-16(22)6-8-30-20/h1-8,25-26H,9-12H2. The lowest BCUT2D eigenvalue weighted by molar-refractivity contribution is -0.200. The van der Waals surface area contributed by atoms with Crippen molar-refractivity contribution in [3.05, 3.63) is 60.1 Å². The van der Waals surface area contributed by atoms with Gasteiger partial charge in [-0.3, -0.25) is 9.59 Å². The van der Waals surface area contributed by atoms with Gasteiger partial charge in [0.25, 0.3) is 0 Å². The van der Waals surface area contributed by atoms with Gasteiger partial charge >= 0.3 is 11.9 Å². The largest absolute Gasteiger partial charge is 0.466 e. The molecule has 2 unspecified atom stereocenters. The van der Waals surface area contributed by atoms with E-state index in [0.29, 0.717) is 0 Å². The van der Waals surface area contributed by atoms with Crippen molar-refractivity contribution in [1.29, 1.82) is 0 Å². The van der Waals surface area contributed by atoms with Crippen molar-refractivity contribution in [2.24, 2.45) is 0 Å². The van der Waals surface area contributed by atoms with Gasteiger partial charge < -0.3 is 29.2 Å². The van der Waals surface area contributed by atoms with Gasteiger partial charge in [-0.05, 0) is 24.3 Å². The van der Waals surface area contributed by atoms with Crippen LogP contribution in [-0.2, 0) is 28.5 Å². The molecule has 0 aliphatic carbocycles. The lowest BCUT2D eigenvalue weighted by Gasteiger charge is -2.28. The maximum atomic E-state index is 12.1. The monoisotopic (exact) mass is 418 g/mol. The molecule has 0 bridgehead atoms. The summed E-state index contributed by atoms with van der Waals surface area (Å²) in [5.41, 5.74) is 0.163. The summed E-state index contributed by atoms with van der Waals surface area (Å²) in [5.74, 6) is -6.20. The zero-order valence-electron chi connectivity index (χ0n) is 15.6. The van der Waals surface area contributed by atoms with Gasteiger partial charge in [0.05, 0.1) is 36.5 Å². The Kier molecular flexibility index (Phi) is 5.99. The molecule has 2 N–H and O–H groups in total. The maximum absolute atomic E-state index is 12.1. The topological polar surface area (TPSA) is 146 Å². The van der Waals surface area contributed by atoms with Gasteiger partial charge in [0.1, 0.15) is 0 Å². The molecule has 0 saturated carbocycles. The van der Waals surface area contributed by atoms with Crippen LogP contribution in [0.2, 0.25) is 0 Å². The van der Waals surface area contributed by atoms with Crippen LogP contribution in [0.25, 0.3) is 0 Å². The van der Waals surface area contributed by atoms with Crippen LogP contribution in [0.5, 0.6) is 0 Å². The predicted molar refractivity (Wildman–Crippen MR) is 96.6 cm³/mol. The van der Waals surface area contributed by atoms with Crippen LogP contribution >= 0.6 is 0 Å². The van der Waals surface area contributed by atoms with Gasteiger partial charge in [-0.25, -0.2) is 9.59 Å². The molecule has 2 heterocycles. The Labute approximate surface area is 170 Å². The quantitative estimate of drug-likeness (QED) is 0.622. The molecule has 3 rings (SSSR count). The molecule has 0 amide bonds. The highest BCUT2D eigenvalue weighted by Gasteiger charge is 2.36. The highest BCUT2D eigenvalue weighted by Crippen LogP contribution is 2.21. The highest BCUT2D eigenvalue weighted by atomic mass is 16.7. The number of carbonyl (C=O) groups excluding carboxylic acids is 4. The molecule has 1 aromatic carbocycles. The maximum Gasteiger partial charge on any atom is 0.338 e. The Morgan fingerprint density at radius 2 is 1.17 bits per heavy atom.